The monoisotopic (exact) mass is 405 g/mol. The SMILES string of the molecule is COc1ccc(CN2CCC(NC(=O)NCc3ccccc3Cl)CC2)cc1F. The quantitative estimate of drug-likeness (QED) is 0.765. The van der Waals surface area contributed by atoms with E-state index in [-0.39, 0.29) is 23.6 Å². The molecule has 0 aromatic heterocycles. The van der Waals surface area contributed by atoms with Crippen molar-refractivity contribution in [1.82, 2.24) is 15.5 Å². The summed E-state index contributed by atoms with van der Waals surface area (Å²) in [5.41, 5.74) is 1.81. The molecule has 7 heteroatoms. The van der Waals surface area contributed by atoms with Gasteiger partial charge in [0.25, 0.3) is 0 Å². The van der Waals surface area contributed by atoms with Crippen LogP contribution in [-0.2, 0) is 13.1 Å². The van der Waals surface area contributed by atoms with E-state index in [9.17, 15) is 9.18 Å². The first kappa shape index (κ1) is 20.4. The fraction of sp³-hybridized carbons (Fsp3) is 0.381. The highest BCUT2D eigenvalue weighted by Gasteiger charge is 2.21. The molecule has 1 saturated heterocycles. The van der Waals surface area contributed by atoms with Gasteiger partial charge in [0, 0.05) is 37.2 Å². The minimum Gasteiger partial charge on any atom is -0.494 e. The smallest absolute Gasteiger partial charge is 0.315 e. The number of methoxy groups -OCH3 is 1. The number of rotatable bonds is 6. The van der Waals surface area contributed by atoms with E-state index in [0.717, 1.165) is 37.1 Å². The summed E-state index contributed by atoms with van der Waals surface area (Å²) < 4.78 is 18.8. The third-order valence-corrected chi connectivity index (χ3v) is 5.31. The number of nitrogens with zero attached hydrogens (tertiary/aromatic N) is 1. The lowest BCUT2D eigenvalue weighted by Crippen LogP contribution is -2.47. The van der Waals surface area contributed by atoms with Crippen LogP contribution in [0.3, 0.4) is 0 Å². The van der Waals surface area contributed by atoms with Crippen molar-refractivity contribution in [2.24, 2.45) is 0 Å². The minimum absolute atomic E-state index is 0.134. The summed E-state index contributed by atoms with van der Waals surface area (Å²) in [7, 11) is 1.46. The summed E-state index contributed by atoms with van der Waals surface area (Å²) in [6.45, 7) is 2.78. The third-order valence-electron chi connectivity index (χ3n) is 4.94. The Morgan fingerprint density at radius 2 is 2.00 bits per heavy atom. The summed E-state index contributed by atoms with van der Waals surface area (Å²) >= 11 is 6.10. The molecule has 0 atom stereocenters. The molecule has 28 heavy (non-hydrogen) atoms. The second kappa shape index (κ2) is 9.75. The Bertz CT molecular complexity index is 810. The Morgan fingerprint density at radius 3 is 2.68 bits per heavy atom. The van der Waals surface area contributed by atoms with Gasteiger partial charge in [-0.3, -0.25) is 4.90 Å². The zero-order valence-corrected chi connectivity index (χ0v) is 16.6. The average Bonchev–Trinajstić information content (AvgIpc) is 2.69. The van der Waals surface area contributed by atoms with Crippen LogP contribution in [0.15, 0.2) is 42.5 Å². The van der Waals surface area contributed by atoms with Crippen LogP contribution in [-0.4, -0.2) is 37.2 Å². The Labute approximate surface area is 169 Å². The molecule has 0 spiro atoms. The number of hydrogen-bond acceptors (Lipinski definition) is 3. The highest BCUT2D eigenvalue weighted by Crippen LogP contribution is 2.20. The molecule has 1 aliphatic heterocycles. The summed E-state index contributed by atoms with van der Waals surface area (Å²) in [5, 5.41) is 6.52. The molecule has 2 aromatic carbocycles. The largest absolute Gasteiger partial charge is 0.494 e. The molecule has 0 saturated carbocycles. The normalized spacial score (nSPS) is 15.2. The lowest BCUT2D eigenvalue weighted by Gasteiger charge is -2.32. The van der Waals surface area contributed by atoms with Gasteiger partial charge in [-0.05, 0) is 42.2 Å². The molecule has 2 aromatic rings. The van der Waals surface area contributed by atoms with Gasteiger partial charge in [-0.2, -0.15) is 0 Å². The number of likely N-dealkylation sites (tertiary alicyclic amines) is 1. The Kier molecular flexibility index (Phi) is 7.12. The maximum absolute atomic E-state index is 13.8. The van der Waals surface area contributed by atoms with Crippen LogP contribution in [0, 0.1) is 5.82 Å². The van der Waals surface area contributed by atoms with E-state index < -0.39 is 0 Å². The number of halogens is 2. The van der Waals surface area contributed by atoms with Crippen molar-refractivity contribution >= 4 is 17.6 Å². The van der Waals surface area contributed by atoms with Crippen LogP contribution in [0.25, 0.3) is 0 Å². The standard InChI is InChI=1S/C21H25ClFN3O2/c1-28-20-7-6-15(12-19(20)23)14-26-10-8-17(9-11-26)25-21(27)24-13-16-4-2-3-5-18(16)22/h2-7,12,17H,8-11,13-14H2,1H3,(H2,24,25,27). The molecule has 2 amide bonds. The predicted octanol–water partition coefficient (Wildman–Crippen LogP) is 3.95. The van der Waals surface area contributed by atoms with Crippen LogP contribution in [0.2, 0.25) is 5.02 Å². The van der Waals surface area contributed by atoms with E-state index in [4.69, 9.17) is 16.3 Å². The summed E-state index contributed by atoms with van der Waals surface area (Å²) in [4.78, 5) is 14.4. The van der Waals surface area contributed by atoms with Crippen LogP contribution in [0.5, 0.6) is 5.75 Å². The molecule has 0 bridgehead atoms. The van der Waals surface area contributed by atoms with Crippen molar-refractivity contribution in [2.45, 2.75) is 32.0 Å². The highest BCUT2D eigenvalue weighted by atomic mass is 35.5. The van der Waals surface area contributed by atoms with E-state index in [1.165, 1.54) is 13.2 Å². The lowest BCUT2D eigenvalue weighted by atomic mass is 10.0. The first-order chi connectivity index (χ1) is 13.5. The van der Waals surface area contributed by atoms with Gasteiger partial charge in [0.05, 0.1) is 7.11 Å². The number of nitrogens with one attached hydrogen (secondary N) is 2. The second-order valence-electron chi connectivity index (χ2n) is 6.94. The number of ether oxygens (including phenoxy) is 1. The molecular formula is C21H25ClFN3O2. The van der Waals surface area contributed by atoms with Crippen molar-refractivity contribution in [2.75, 3.05) is 20.2 Å². The van der Waals surface area contributed by atoms with Crippen molar-refractivity contribution in [3.63, 3.8) is 0 Å². The predicted molar refractivity (Wildman–Crippen MR) is 108 cm³/mol. The molecule has 0 radical (unpaired) electrons. The maximum atomic E-state index is 13.8. The Hall–Kier alpha value is -2.31. The van der Waals surface area contributed by atoms with Gasteiger partial charge in [0.15, 0.2) is 11.6 Å². The van der Waals surface area contributed by atoms with Gasteiger partial charge in [-0.25, -0.2) is 9.18 Å². The van der Waals surface area contributed by atoms with Crippen molar-refractivity contribution in [3.05, 3.63) is 64.4 Å². The summed E-state index contributed by atoms with van der Waals surface area (Å²) in [6.07, 6.45) is 1.72. The van der Waals surface area contributed by atoms with Crippen LogP contribution >= 0.6 is 11.6 Å². The molecule has 5 nitrogen and oxygen atoms in total. The molecule has 2 N–H and O–H groups in total. The van der Waals surface area contributed by atoms with Crippen molar-refractivity contribution < 1.29 is 13.9 Å². The summed E-state index contributed by atoms with van der Waals surface area (Å²) in [6, 6.07) is 12.5. The van der Waals surface area contributed by atoms with Gasteiger partial charge in [-0.1, -0.05) is 35.9 Å². The zero-order chi connectivity index (χ0) is 19.9. The second-order valence-corrected chi connectivity index (χ2v) is 7.34. The third kappa shape index (κ3) is 5.59. The fourth-order valence-electron chi connectivity index (χ4n) is 3.36. The topological polar surface area (TPSA) is 53.6 Å². The number of hydrogen-bond donors (Lipinski definition) is 2. The van der Waals surface area contributed by atoms with E-state index in [1.54, 1.807) is 12.1 Å². The number of piperidine rings is 1. The van der Waals surface area contributed by atoms with E-state index in [1.807, 2.05) is 24.3 Å². The first-order valence-electron chi connectivity index (χ1n) is 9.37. The molecule has 0 unspecified atom stereocenters. The molecule has 0 aliphatic carbocycles. The van der Waals surface area contributed by atoms with Gasteiger partial charge in [0.2, 0.25) is 0 Å². The number of benzene rings is 2. The maximum Gasteiger partial charge on any atom is 0.315 e. The molecule has 1 aliphatic rings. The highest BCUT2D eigenvalue weighted by molar-refractivity contribution is 6.31. The minimum atomic E-state index is -0.341. The number of amides is 2. The van der Waals surface area contributed by atoms with Crippen LogP contribution in [0.1, 0.15) is 24.0 Å². The molecule has 3 rings (SSSR count). The number of carbonyl (C=O) groups is 1. The van der Waals surface area contributed by atoms with Gasteiger partial charge >= 0.3 is 6.03 Å². The molecule has 1 fully saturated rings. The van der Waals surface area contributed by atoms with Gasteiger partial charge in [-0.15, -0.1) is 0 Å². The fourth-order valence-corrected chi connectivity index (χ4v) is 3.56. The lowest BCUT2D eigenvalue weighted by molar-refractivity contribution is 0.186. The Morgan fingerprint density at radius 1 is 1.25 bits per heavy atom. The number of urea groups is 1. The molecular weight excluding hydrogens is 381 g/mol. The van der Waals surface area contributed by atoms with Gasteiger partial charge < -0.3 is 15.4 Å². The Balaban J connectivity index is 1.40. The number of carbonyl (C=O) groups excluding carboxylic acids is 1. The van der Waals surface area contributed by atoms with Crippen LogP contribution in [0.4, 0.5) is 9.18 Å². The summed E-state index contributed by atoms with van der Waals surface area (Å²) in [5.74, 6) is -0.0822. The van der Waals surface area contributed by atoms with E-state index in [0.29, 0.717) is 18.1 Å². The van der Waals surface area contributed by atoms with E-state index in [2.05, 4.69) is 15.5 Å². The van der Waals surface area contributed by atoms with Crippen molar-refractivity contribution in [1.29, 1.82) is 0 Å². The molecule has 150 valence electrons. The first-order valence-corrected chi connectivity index (χ1v) is 9.75. The van der Waals surface area contributed by atoms with Gasteiger partial charge in [0.1, 0.15) is 0 Å². The van der Waals surface area contributed by atoms with Crippen molar-refractivity contribution in [3.8, 4) is 5.75 Å². The van der Waals surface area contributed by atoms with Crippen LogP contribution < -0.4 is 15.4 Å². The zero-order valence-electron chi connectivity index (χ0n) is 15.9. The average molecular weight is 406 g/mol. The molecule has 1 heterocycles. The van der Waals surface area contributed by atoms with E-state index >= 15 is 0 Å².